The van der Waals surface area contributed by atoms with Gasteiger partial charge in [0.25, 0.3) is 0 Å². The van der Waals surface area contributed by atoms with Gasteiger partial charge in [-0.05, 0) is 25.5 Å². The molecule has 0 heterocycles. The van der Waals surface area contributed by atoms with Crippen molar-refractivity contribution in [3.63, 3.8) is 0 Å². The summed E-state index contributed by atoms with van der Waals surface area (Å²) in [7, 11) is 0. The van der Waals surface area contributed by atoms with E-state index in [0.717, 1.165) is 13.1 Å². The minimum atomic E-state index is -0.0139. The number of nitrogens with zero attached hydrogens (tertiary/aromatic N) is 4. The number of hydrogen-bond donors (Lipinski definition) is 0. The van der Waals surface area contributed by atoms with Crippen molar-refractivity contribution in [2.45, 2.75) is 26.9 Å². The van der Waals surface area contributed by atoms with Gasteiger partial charge in [0.15, 0.2) is 0 Å². The molecule has 0 saturated heterocycles. The van der Waals surface area contributed by atoms with Gasteiger partial charge < -0.3 is 0 Å². The van der Waals surface area contributed by atoms with E-state index in [9.17, 15) is 0 Å². The van der Waals surface area contributed by atoms with E-state index in [1.165, 1.54) is 0 Å². The Morgan fingerprint density at radius 1 is 1.50 bits per heavy atom. The maximum atomic E-state index is 8.11. The van der Waals surface area contributed by atoms with Crippen molar-refractivity contribution in [2.75, 3.05) is 13.1 Å². The quantitative estimate of drug-likeness (QED) is 0.336. The molecule has 10 heavy (non-hydrogen) atoms. The molecule has 0 N–H and O–H groups in total. The molecule has 4 heteroatoms. The van der Waals surface area contributed by atoms with Gasteiger partial charge in [-0.1, -0.05) is 19.0 Å². The second kappa shape index (κ2) is 5.09. The monoisotopic (exact) mass is 142 g/mol. The molecular formula is C6H14N4. The number of azide groups is 1. The predicted octanol–water partition coefficient (Wildman–Crippen LogP) is 1.98. The highest BCUT2D eigenvalue weighted by atomic mass is 15.3. The van der Waals surface area contributed by atoms with Gasteiger partial charge in [-0.25, -0.2) is 0 Å². The normalized spacial score (nSPS) is 12.8. The first-order valence-electron chi connectivity index (χ1n) is 3.54. The lowest BCUT2D eigenvalue weighted by molar-refractivity contribution is 0.236. The standard InChI is InChI=1S/C6H14N4/c1-4-10(5-2)6(3)8-9-7/h6H,4-5H2,1-3H3. The lowest BCUT2D eigenvalue weighted by atomic mass is 10.4. The Hall–Kier alpha value is -0.730. The summed E-state index contributed by atoms with van der Waals surface area (Å²) in [5.74, 6) is 0. The molecule has 58 valence electrons. The molecule has 0 radical (unpaired) electrons. The summed E-state index contributed by atoms with van der Waals surface area (Å²) in [6.07, 6.45) is -0.0139. The van der Waals surface area contributed by atoms with E-state index in [4.69, 9.17) is 5.53 Å². The molecule has 0 aromatic rings. The lowest BCUT2D eigenvalue weighted by Crippen LogP contribution is -2.30. The molecule has 0 rings (SSSR count). The summed E-state index contributed by atoms with van der Waals surface area (Å²) in [6.45, 7) is 7.85. The molecule has 4 nitrogen and oxygen atoms in total. The number of hydrogen-bond acceptors (Lipinski definition) is 2. The zero-order valence-corrected chi connectivity index (χ0v) is 6.78. The van der Waals surface area contributed by atoms with Crippen molar-refractivity contribution in [3.8, 4) is 0 Å². The highest BCUT2D eigenvalue weighted by molar-refractivity contribution is 4.61. The maximum Gasteiger partial charge on any atom is 0.0857 e. The van der Waals surface area contributed by atoms with Gasteiger partial charge in [-0.15, -0.1) is 0 Å². The molecular weight excluding hydrogens is 128 g/mol. The van der Waals surface area contributed by atoms with Crippen LogP contribution >= 0.6 is 0 Å². The zero-order valence-electron chi connectivity index (χ0n) is 6.78. The first kappa shape index (κ1) is 9.27. The van der Waals surface area contributed by atoms with Crippen LogP contribution in [0.3, 0.4) is 0 Å². The van der Waals surface area contributed by atoms with Crippen LogP contribution in [-0.2, 0) is 0 Å². The Bertz CT molecular complexity index is 124. The molecule has 0 saturated carbocycles. The number of rotatable bonds is 4. The fourth-order valence-corrected chi connectivity index (χ4v) is 0.900. The highest BCUT2D eigenvalue weighted by Crippen LogP contribution is 1.98. The topological polar surface area (TPSA) is 52.0 Å². The molecule has 0 bridgehead atoms. The third kappa shape index (κ3) is 2.71. The van der Waals surface area contributed by atoms with Crippen molar-refractivity contribution in [1.29, 1.82) is 0 Å². The summed E-state index contributed by atoms with van der Waals surface area (Å²) in [4.78, 5) is 4.82. The van der Waals surface area contributed by atoms with Gasteiger partial charge in [0.1, 0.15) is 0 Å². The molecule has 0 aliphatic carbocycles. The Balaban J connectivity index is 3.87. The van der Waals surface area contributed by atoms with Crippen molar-refractivity contribution in [1.82, 2.24) is 4.90 Å². The van der Waals surface area contributed by atoms with E-state index in [-0.39, 0.29) is 6.17 Å². The lowest BCUT2D eigenvalue weighted by Gasteiger charge is -2.21. The summed E-state index contributed by atoms with van der Waals surface area (Å²) in [5, 5.41) is 3.57. The molecule has 1 atom stereocenters. The SMILES string of the molecule is CCN(CC)C(C)N=[N+]=[N-]. The molecule has 0 spiro atoms. The van der Waals surface area contributed by atoms with Gasteiger partial charge in [-0.3, -0.25) is 4.90 Å². The Morgan fingerprint density at radius 3 is 2.30 bits per heavy atom. The average molecular weight is 142 g/mol. The van der Waals surface area contributed by atoms with E-state index in [0.29, 0.717) is 0 Å². The van der Waals surface area contributed by atoms with Crippen LogP contribution in [0.2, 0.25) is 0 Å². The zero-order chi connectivity index (χ0) is 7.98. The van der Waals surface area contributed by atoms with Crippen molar-refractivity contribution in [3.05, 3.63) is 10.4 Å². The Morgan fingerprint density at radius 2 is 2.00 bits per heavy atom. The largest absolute Gasteiger partial charge is 0.296 e. The molecule has 0 fully saturated rings. The van der Waals surface area contributed by atoms with Crippen LogP contribution in [0.15, 0.2) is 5.11 Å². The molecule has 0 aliphatic rings. The van der Waals surface area contributed by atoms with E-state index >= 15 is 0 Å². The van der Waals surface area contributed by atoms with E-state index < -0.39 is 0 Å². The highest BCUT2D eigenvalue weighted by Gasteiger charge is 2.05. The molecule has 0 aromatic carbocycles. The van der Waals surface area contributed by atoms with Crippen LogP contribution in [0.25, 0.3) is 10.4 Å². The molecule has 0 amide bonds. The van der Waals surface area contributed by atoms with E-state index in [2.05, 4.69) is 14.9 Å². The summed E-state index contributed by atoms with van der Waals surface area (Å²) in [6, 6.07) is 0. The average Bonchev–Trinajstić information content (AvgIpc) is 1.91. The maximum absolute atomic E-state index is 8.11. The smallest absolute Gasteiger partial charge is 0.0857 e. The van der Waals surface area contributed by atoms with Crippen LogP contribution in [0.5, 0.6) is 0 Å². The fraction of sp³-hybridized carbons (Fsp3) is 1.00. The van der Waals surface area contributed by atoms with Gasteiger partial charge in [0.2, 0.25) is 0 Å². The fourth-order valence-electron chi connectivity index (χ4n) is 0.900. The van der Waals surface area contributed by atoms with Crippen molar-refractivity contribution < 1.29 is 0 Å². The van der Waals surface area contributed by atoms with Gasteiger partial charge in [0, 0.05) is 4.91 Å². The van der Waals surface area contributed by atoms with Crippen molar-refractivity contribution >= 4 is 0 Å². The first-order chi connectivity index (χ1) is 4.76. The van der Waals surface area contributed by atoms with Gasteiger partial charge >= 0.3 is 0 Å². The van der Waals surface area contributed by atoms with Crippen LogP contribution in [-0.4, -0.2) is 24.2 Å². The van der Waals surface area contributed by atoms with E-state index in [1.807, 2.05) is 20.8 Å². The first-order valence-corrected chi connectivity index (χ1v) is 3.54. The minimum Gasteiger partial charge on any atom is -0.296 e. The molecule has 1 unspecified atom stereocenters. The van der Waals surface area contributed by atoms with Crippen LogP contribution < -0.4 is 0 Å². The Labute approximate surface area is 61.5 Å². The van der Waals surface area contributed by atoms with Gasteiger partial charge in [0.05, 0.1) is 6.17 Å². The van der Waals surface area contributed by atoms with Gasteiger partial charge in [-0.2, -0.15) is 0 Å². The van der Waals surface area contributed by atoms with Crippen molar-refractivity contribution in [2.24, 2.45) is 5.11 Å². The van der Waals surface area contributed by atoms with Crippen LogP contribution in [0, 0.1) is 0 Å². The summed E-state index contributed by atoms with van der Waals surface area (Å²) >= 11 is 0. The summed E-state index contributed by atoms with van der Waals surface area (Å²) < 4.78 is 0. The minimum absolute atomic E-state index is 0.0139. The van der Waals surface area contributed by atoms with Crippen LogP contribution in [0.1, 0.15) is 20.8 Å². The predicted molar refractivity (Wildman–Crippen MR) is 41.5 cm³/mol. The second-order valence-corrected chi connectivity index (χ2v) is 2.06. The molecule has 0 aliphatic heterocycles. The Kier molecular flexibility index (Phi) is 4.72. The third-order valence-electron chi connectivity index (χ3n) is 1.56. The van der Waals surface area contributed by atoms with Crippen LogP contribution in [0.4, 0.5) is 0 Å². The van der Waals surface area contributed by atoms with E-state index in [1.54, 1.807) is 0 Å². The summed E-state index contributed by atoms with van der Waals surface area (Å²) in [5.41, 5.74) is 8.11. The second-order valence-electron chi connectivity index (χ2n) is 2.06. The third-order valence-corrected chi connectivity index (χ3v) is 1.56. The molecule has 0 aromatic heterocycles.